The predicted molar refractivity (Wildman–Crippen MR) is 89.4 cm³/mol. The summed E-state index contributed by atoms with van der Waals surface area (Å²) in [5, 5.41) is 2.89. The van der Waals surface area contributed by atoms with Crippen LogP contribution in [0.4, 0.5) is 0 Å². The molecule has 0 atom stereocenters. The molecule has 0 saturated carbocycles. The first-order chi connectivity index (χ1) is 9.95. The van der Waals surface area contributed by atoms with E-state index in [1.807, 2.05) is 0 Å². The Hall–Kier alpha value is -0.920. The summed E-state index contributed by atoms with van der Waals surface area (Å²) in [6.45, 7) is 14.2. The van der Waals surface area contributed by atoms with Crippen LogP contribution in [0.25, 0.3) is 0 Å². The van der Waals surface area contributed by atoms with E-state index in [2.05, 4.69) is 32.8 Å². The molecule has 0 aromatic heterocycles. The zero-order valence-electron chi connectivity index (χ0n) is 14.6. The highest BCUT2D eigenvalue weighted by atomic mass is 32.2. The number of rotatable bonds is 9. The Morgan fingerprint density at radius 2 is 1.59 bits per heavy atom. The number of nitrogens with zero attached hydrogens (tertiary/aromatic N) is 1. The van der Waals surface area contributed by atoms with Crippen LogP contribution in [0.2, 0.25) is 0 Å². The number of hydrogen-bond donors (Lipinski definition) is 1. The van der Waals surface area contributed by atoms with Crippen molar-refractivity contribution in [2.45, 2.75) is 40.0 Å². The zero-order chi connectivity index (χ0) is 17.8. The van der Waals surface area contributed by atoms with Gasteiger partial charge in [0.05, 0.1) is 36.8 Å². The second-order valence-corrected chi connectivity index (χ2v) is 7.29. The summed E-state index contributed by atoms with van der Waals surface area (Å²) in [6.07, 6.45) is 4.08. The highest BCUT2D eigenvalue weighted by Gasteiger charge is 2.18. The molecule has 0 aromatic carbocycles. The summed E-state index contributed by atoms with van der Waals surface area (Å²) in [4.78, 5) is 11.3. The molecule has 0 aliphatic rings. The molecule has 7 heteroatoms. The second kappa shape index (κ2) is 11.6. The minimum atomic E-state index is -3.92. The molecule has 0 bridgehead atoms. The average molecular weight is 336 g/mol. The van der Waals surface area contributed by atoms with Gasteiger partial charge in [0.1, 0.15) is 0 Å². The van der Waals surface area contributed by atoms with Gasteiger partial charge in [-0.05, 0) is 19.8 Å². The molecule has 0 rings (SSSR count). The van der Waals surface area contributed by atoms with Crippen molar-refractivity contribution in [1.82, 2.24) is 5.32 Å². The van der Waals surface area contributed by atoms with Crippen LogP contribution in [0.1, 0.15) is 40.0 Å². The number of hydrogen-bond acceptors (Lipinski definition) is 4. The lowest BCUT2D eigenvalue weighted by Crippen LogP contribution is -2.46. The maximum Gasteiger partial charge on any atom is 0.246 e. The smallest absolute Gasteiger partial charge is 0.246 e. The van der Waals surface area contributed by atoms with E-state index in [0.717, 1.165) is 24.0 Å². The summed E-state index contributed by atoms with van der Waals surface area (Å²) in [7, 11) is -1.60. The molecule has 0 radical (unpaired) electrons. The molecule has 0 heterocycles. The van der Waals surface area contributed by atoms with Crippen molar-refractivity contribution < 1.29 is 22.2 Å². The number of carbonyl (C=O) groups excluding carboxylic acids is 1. The maximum atomic E-state index is 11.3. The minimum absolute atomic E-state index is 0.0230. The number of amides is 1. The van der Waals surface area contributed by atoms with Crippen LogP contribution in [0.15, 0.2) is 12.2 Å². The fourth-order valence-electron chi connectivity index (χ4n) is 2.23. The van der Waals surface area contributed by atoms with Crippen LogP contribution in [0, 0.1) is 0 Å². The lowest BCUT2D eigenvalue weighted by atomic mass is 10.2. The van der Waals surface area contributed by atoms with E-state index in [-0.39, 0.29) is 5.91 Å². The largest absolute Gasteiger partial charge is 0.748 e. The highest BCUT2D eigenvalue weighted by Crippen LogP contribution is 2.07. The van der Waals surface area contributed by atoms with E-state index in [0.29, 0.717) is 11.8 Å². The van der Waals surface area contributed by atoms with Crippen molar-refractivity contribution in [1.29, 1.82) is 0 Å². The van der Waals surface area contributed by atoms with Crippen molar-refractivity contribution in [3.8, 4) is 0 Å². The summed E-state index contributed by atoms with van der Waals surface area (Å²) in [6, 6.07) is 0. The molecular weight excluding hydrogens is 304 g/mol. The standard InChI is InChI=1S/C14H28N2O.CH4O3S/c1-6-10-16(5,11-7-2)12-8-9-15-14(17)13(3)4;1-5(2,3)4/h3,6-12H2,1-2,4-5H3;1H3,(H,2,3,4). The number of quaternary nitrogens is 1. The Balaban J connectivity index is 0. The lowest BCUT2D eigenvalue weighted by molar-refractivity contribution is -0.909. The van der Waals surface area contributed by atoms with Gasteiger partial charge in [-0.3, -0.25) is 4.79 Å². The molecule has 0 unspecified atom stereocenters. The molecule has 0 spiro atoms. The first-order valence-corrected chi connectivity index (χ1v) is 9.45. The molecule has 0 saturated heterocycles. The van der Waals surface area contributed by atoms with E-state index >= 15 is 0 Å². The van der Waals surface area contributed by atoms with Crippen LogP contribution in [-0.2, 0) is 14.9 Å². The van der Waals surface area contributed by atoms with Crippen LogP contribution in [-0.4, -0.2) is 62.8 Å². The Kier molecular flexibility index (Phi) is 12.3. The van der Waals surface area contributed by atoms with Crippen LogP contribution in [0.3, 0.4) is 0 Å². The number of carbonyl (C=O) groups is 1. The monoisotopic (exact) mass is 336 g/mol. The van der Waals surface area contributed by atoms with Gasteiger partial charge >= 0.3 is 0 Å². The van der Waals surface area contributed by atoms with Crippen molar-refractivity contribution in [2.75, 3.05) is 39.5 Å². The van der Waals surface area contributed by atoms with Crippen molar-refractivity contribution in [2.24, 2.45) is 0 Å². The first-order valence-electron chi connectivity index (χ1n) is 7.63. The van der Waals surface area contributed by atoms with Gasteiger partial charge in [0.25, 0.3) is 0 Å². The van der Waals surface area contributed by atoms with Gasteiger partial charge in [0, 0.05) is 24.8 Å². The van der Waals surface area contributed by atoms with E-state index in [9.17, 15) is 4.79 Å². The Morgan fingerprint density at radius 1 is 1.18 bits per heavy atom. The second-order valence-electron chi connectivity index (χ2n) is 5.88. The molecule has 22 heavy (non-hydrogen) atoms. The molecule has 1 N–H and O–H groups in total. The first kappa shape index (κ1) is 23.3. The van der Waals surface area contributed by atoms with Gasteiger partial charge in [0.15, 0.2) is 0 Å². The third-order valence-corrected chi connectivity index (χ3v) is 3.07. The van der Waals surface area contributed by atoms with Gasteiger partial charge in [0.2, 0.25) is 5.91 Å². The summed E-state index contributed by atoms with van der Waals surface area (Å²) < 4.78 is 28.4. The van der Waals surface area contributed by atoms with Gasteiger partial charge < -0.3 is 14.4 Å². The van der Waals surface area contributed by atoms with Crippen LogP contribution in [0.5, 0.6) is 0 Å². The summed E-state index contributed by atoms with van der Waals surface area (Å²) in [5.74, 6) is -0.0230. The molecule has 0 fully saturated rings. The highest BCUT2D eigenvalue weighted by molar-refractivity contribution is 7.84. The zero-order valence-corrected chi connectivity index (χ0v) is 15.5. The molecular formula is C15H32N2O4S. The third kappa shape index (κ3) is 17.1. The number of nitrogens with one attached hydrogen (secondary N) is 1. The SMILES string of the molecule is C=C(C)C(=O)NCCC[N+](C)(CCC)CCC.CS(=O)(=O)[O-]. The van der Waals surface area contributed by atoms with Crippen molar-refractivity contribution in [3.05, 3.63) is 12.2 Å². The van der Waals surface area contributed by atoms with E-state index in [1.165, 1.54) is 25.9 Å². The summed E-state index contributed by atoms with van der Waals surface area (Å²) in [5.41, 5.74) is 0.587. The summed E-state index contributed by atoms with van der Waals surface area (Å²) >= 11 is 0. The van der Waals surface area contributed by atoms with Gasteiger partial charge in [-0.1, -0.05) is 20.4 Å². The van der Waals surface area contributed by atoms with Gasteiger partial charge in [-0.15, -0.1) is 0 Å². The normalized spacial score (nSPS) is 11.4. The van der Waals surface area contributed by atoms with Crippen molar-refractivity contribution >= 4 is 16.0 Å². The van der Waals surface area contributed by atoms with Crippen molar-refractivity contribution in [3.63, 3.8) is 0 Å². The predicted octanol–water partition coefficient (Wildman–Crippen LogP) is 1.50. The topological polar surface area (TPSA) is 86.3 Å². The molecule has 0 aliphatic heterocycles. The molecule has 6 nitrogen and oxygen atoms in total. The fourth-order valence-corrected chi connectivity index (χ4v) is 2.23. The molecule has 0 aliphatic carbocycles. The third-order valence-electron chi connectivity index (χ3n) is 3.07. The van der Waals surface area contributed by atoms with Crippen LogP contribution < -0.4 is 5.32 Å². The van der Waals surface area contributed by atoms with E-state index in [4.69, 9.17) is 13.0 Å². The minimum Gasteiger partial charge on any atom is -0.748 e. The Morgan fingerprint density at radius 3 is 1.91 bits per heavy atom. The molecule has 132 valence electrons. The molecule has 0 aromatic rings. The Bertz CT molecular complexity index is 419. The maximum absolute atomic E-state index is 11.3. The van der Waals surface area contributed by atoms with Gasteiger partial charge in [-0.25, -0.2) is 8.42 Å². The average Bonchev–Trinajstić information content (AvgIpc) is 2.32. The lowest BCUT2D eigenvalue weighted by Gasteiger charge is -2.34. The van der Waals surface area contributed by atoms with Crippen LogP contribution >= 0.6 is 0 Å². The van der Waals surface area contributed by atoms with E-state index in [1.54, 1.807) is 6.92 Å². The van der Waals surface area contributed by atoms with E-state index < -0.39 is 10.1 Å². The van der Waals surface area contributed by atoms with Gasteiger partial charge in [-0.2, -0.15) is 0 Å². The molecule has 1 amide bonds. The fraction of sp³-hybridized carbons (Fsp3) is 0.800. The quantitative estimate of drug-likeness (QED) is 0.299. The Labute approximate surface area is 135 Å².